The average molecular weight is 344 g/mol. The highest BCUT2D eigenvalue weighted by molar-refractivity contribution is 7.10. The van der Waals surface area contributed by atoms with Crippen LogP contribution in [0.4, 0.5) is 0 Å². The third-order valence-corrected chi connectivity index (χ3v) is 4.58. The predicted octanol–water partition coefficient (Wildman–Crippen LogP) is 2.93. The van der Waals surface area contributed by atoms with E-state index in [9.17, 15) is 9.59 Å². The molecule has 0 spiro atoms. The first kappa shape index (κ1) is 18.2. The minimum Gasteiger partial charge on any atom is -0.354 e. The molecule has 1 aromatic carbocycles. The van der Waals surface area contributed by atoms with E-state index in [1.54, 1.807) is 11.3 Å². The lowest BCUT2D eigenvalue weighted by Crippen LogP contribution is -2.47. The number of amides is 2. The van der Waals surface area contributed by atoms with Crippen molar-refractivity contribution in [1.29, 1.82) is 0 Å². The molecule has 0 bridgehead atoms. The summed E-state index contributed by atoms with van der Waals surface area (Å²) in [5.41, 5.74) is 1.19. The number of benzene rings is 1. The molecule has 0 fully saturated rings. The first-order valence-electron chi connectivity index (χ1n) is 8.32. The smallest absolute Gasteiger partial charge is 0.242 e. The summed E-state index contributed by atoms with van der Waals surface area (Å²) in [6.45, 7) is 2.58. The monoisotopic (exact) mass is 344 g/mol. The standard InChI is InChI=1S/C19H24N2O2S/c1-2-7-17(21-18(22)14-16-10-6-13-24-16)19(23)20-12-11-15-8-4-3-5-9-15/h3-6,8-10,13,17H,2,7,11-12,14H2,1H3,(H,20,23)(H,21,22). The van der Waals surface area contributed by atoms with E-state index in [0.717, 1.165) is 17.7 Å². The third-order valence-electron chi connectivity index (χ3n) is 3.70. The second kappa shape index (κ2) is 9.88. The zero-order valence-electron chi connectivity index (χ0n) is 14.0. The highest BCUT2D eigenvalue weighted by Crippen LogP contribution is 2.09. The van der Waals surface area contributed by atoms with Crippen molar-refractivity contribution in [2.75, 3.05) is 6.54 Å². The third kappa shape index (κ3) is 6.16. The van der Waals surface area contributed by atoms with Crippen LogP contribution < -0.4 is 10.6 Å². The van der Waals surface area contributed by atoms with E-state index in [1.807, 2.05) is 54.8 Å². The fraction of sp³-hybridized carbons (Fsp3) is 0.368. The van der Waals surface area contributed by atoms with Crippen molar-refractivity contribution in [3.05, 3.63) is 58.3 Å². The van der Waals surface area contributed by atoms with E-state index < -0.39 is 6.04 Å². The van der Waals surface area contributed by atoms with Gasteiger partial charge in [0.25, 0.3) is 0 Å². The van der Waals surface area contributed by atoms with Crippen LogP contribution >= 0.6 is 11.3 Å². The van der Waals surface area contributed by atoms with Crippen molar-refractivity contribution in [3.63, 3.8) is 0 Å². The summed E-state index contributed by atoms with van der Waals surface area (Å²) in [6.07, 6.45) is 2.60. The zero-order chi connectivity index (χ0) is 17.2. The molecule has 0 saturated heterocycles. The van der Waals surface area contributed by atoms with Crippen molar-refractivity contribution < 1.29 is 9.59 Å². The fourth-order valence-electron chi connectivity index (χ4n) is 2.47. The molecule has 0 radical (unpaired) electrons. The van der Waals surface area contributed by atoms with Crippen LogP contribution in [0, 0.1) is 0 Å². The first-order valence-corrected chi connectivity index (χ1v) is 9.20. The molecule has 1 atom stereocenters. The van der Waals surface area contributed by atoms with Gasteiger partial charge in [-0.25, -0.2) is 0 Å². The summed E-state index contributed by atoms with van der Waals surface area (Å²) in [6, 6.07) is 13.4. The van der Waals surface area contributed by atoms with E-state index in [2.05, 4.69) is 10.6 Å². The number of hydrogen-bond acceptors (Lipinski definition) is 3. The van der Waals surface area contributed by atoms with Crippen molar-refractivity contribution in [2.45, 2.75) is 38.6 Å². The normalized spacial score (nSPS) is 11.7. The summed E-state index contributed by atoms with van der Waals surface area (Å²) in [5, 5.41) is 7.74. The highest BCUT2D eigenvalue weighted by atomic mass is 32.1. The Morgan fingerprint density at radius 1 is 1.12 bits per heavy atom. The van der Waals surface area contributed by atoms with Crippen LogP contribution in [0.25, 0.3) is 0 Å². The van der Waals surface area contributed by atoms with Crippen LogP contribution in [0.15, 0.2) is 47.8 Å². The Bertz CT molecular complexity index is 626. The summed E-state index contributed by atoms with van der Waals surface area (Å²) in [5.74, 6) is -0.207. The Kier molecular flexibility index (Phi) is 7.49. The lowest BCUT2D eigenvalue weighted by Gasteiger charge is -2.17. The van der Waals surface area contributed by atoms with Gasteiger partial charge in [-0.3, -0.25) is 9.59 Å². The molecule has 2 N–H and O–H groups in total. The molecule has 2 amide bonds. The molecule has 0 aliphatic heterocycles. The van der Waals surface area contributed by atoms with Crippen molar-refractivity contribution in [3.8, 4) is 0 Å². The predicted molar refractivity (Wildman–Crippen MR) is 98.0 cm³/mol. The number of carbonyl (C=O) groups is 2. The van der Waals surface area contributed by atoms with Crippen LogP contribution in [0.2, 0.25) is 0 Å². The molecule has 1 unspecified atom stereocenters. The second-order valence-electron chi connectivity index (χ2n) is 5.69. The summed E-state index contributed by atoms with van der Waals surface area (Å²) in [4.78, 5) is 25.5. The van der Waals surface area contributed by atoms with Gasteiger partial charge >= 0.3 is 0 Å². The Morgan fingerprint density at radius 3 is 2.58 bits per heavy atom. The van der Waals surface area contributed by atoms with E-state index >= 15 is 0 Å². The number of carbonyl (C=O) groups excluding carboxylic acids is 2. The molecule has 128 valence electrons. The molecular weight excluding hydrogens is 320 g/mol. The maximum atomic E-state index is 12.3. The number of nitrogens with one attached hydrogen (secondary N) is 2. The van der Waals surface area contributed by atoms with Gasteiger partial charge in [-0.1, -0.05) is 49.7 Å². The SMILES string of the molecule is CCCC(NC(=O)Cc1cccs1)C(=O)NCCc1ccccc1. The molecule has 0 aliphatic rings. The molecule has 24 heavy (non-hydrogen) atoms. The zero-order valence-corrected chi connectivity index (χ0v) is 14.8. The van der Waals surface area contributed by atoms with Crippen LogP contribution in [0.1, 0.15) is 30.2 Å². The average Bonchev–Trinajstić information content (AvgIpc) is 3.08. The molecule has 1 heterocycles. The summed E-state index contributed by atoms with van der Waals surface area (Å²) in [7, 11) is 0. The van der Waals surface area contributed by atoms with Gasteiger partial charge in [-0.05, 0) is 29.9 Å². The fourth-order valence-corrected chi connectivity index (χ4v) is 3.18. The van der Waals surface area contributed by atoms with Crippen molar-refractivity contribution in [1.82, 2.24) is 10.6 Å². The van der Waals surface area contributed by atoms with E-state index in [4.69, 9.17) is 0 Å². The second-order valence-corrected chi connectivity index (χ2v) is 6.72. The van der Waals surface area contributed by atoms with Gasteiger partial charge in [0.2, 0.25) is 11.8 Å². The summed E-state index contributed by atoms with van der Waals surface area (Å²) >= 11 is 1.55. The van der Waals surface area contributed by atoms with Gasteiger partial charge in [0.05, 0.1) is 6.42 Å². The first-order chi connectivity index (χ1) is 11.7. The largest absolute Gasteiger partial charge is 0.354 e. The van der Waals surface area contributed by atoms with Crippen LogP contribution in [0.3, 0.4) is 0 Å². The quantitative estimate of drug-likeness (QED) is 0.735. The van der Waals surface area contributed by atoms with Crippen molar-refractivity contribution >= 4 is 23.2 Å². The van der Waals surface area contributed by atoms with Crippen molar-refractivity contribution in [2.24, 2.45) is 0 Å². The highest BCUT2D eigenvalue weighted by Gasteiger charge is 2.19. The van der Waals surface area contributed by atoms with Gasteiger partial charge in [-0.15, -0.1) is 11.3 Å². The number of hydrogen-bond donors (Lipinski definition) is 2. The lowest BCUT2D eigenvalue weighted by atomic mass is 10.1. The Labute approximate surface area is 147 Å². The van der Waals surface area contributed by atoms with Gasteiger partial charge in [0.1, 0.15) is 6.04 Å². The molecule has 5 heteroatoms. The minimum absolute atomic E-state index is 0.103. The topological polar surface area (TPSA) is 58.2 Å². The molecule has 0 aliphatic carbocycles. The lowest BCUT2D eigenvalue weighted by molar-refractivity contribution is -0.128. The molecule has 2 rings (SSSR count). The Morgan fingerprint density at radius 2 is 1.92 bits per heavy atom. The van der Waals surface area contributed by atoms with E-state index in [1.165, 1.54) is 5.56 Å². The molecule has 2 aromatic rings. The molecule has 4 nitrogen and oxygen atoms in total. The Balaban J connectivity index is 1.79. The summed E-state index contributed by atoms with van der Waals surface area (Å²) < 4.78 is 0. The number of thiophene rings is 1. The van der Waals surface area contributed by atoms with Crippen LogP contribution in [-0.4, -0.2) is 24.4 Å². The maximum Gasteiger partial charge on any atom is 0.242 e. The van der Waals surface area contributed by atoms with Crippen LogP contribution in [0.5, 0.6) is 0 Å². The molecular formula is C19H24N2O2S. The van der Waals surface area contributed by atoms with Crippen LogP contribution in [-0.2, 0) is 22.4 Å². The maximum absolute atomic E-state index is 12.3. The van der Waals surface area contributed by atoms with Gasteiger partial charge < -0.3 is 10.6 Å². The number of rotatable bonds is 9. The van der Waals surface area contributed by atoms with E-state index in [-0.39, 0.29) is 11.8 Å². The van der Waals surface area contributed by atoms with E-state index in [0.29, 0.717) is 19.4 Å². The Hall–Kier alpha value is -2.14. The van der Waals surface area contributed by atoms with Gasteiger partial charge in [-0.2, -0.15) is 0 Å². The molecule has 1 aromatic heterocycles. The van der Waals surface area contributed by atoms with Gasteiger partial charge in [0, 0.05) is 11.4 Å². The van der Waals surface area contributed by atoms with Gasteiger partial charge in [0.15, 0.2) is 0 Å². The molecule has 0 saturated carbocycles. The minimum atomic E-state index is -0.460.